The molecule has 2 aromatic rings. The van der Waals surface area contributed by atoms with Crippen LogP contribution in [0.2, 0.25) is 0 Å². The number of hydrogen-bond donors (Lipinski definition) is 1. The molecule has 21 heavy (non-hydrogen) atoms. The minimum absolute atomic E-state index is 0.0822. The van der Waals surface area contributed by atoms with Crippen LogP contribution in [-0.2, 0) is 0 Å². The first-order valence-electron chi connectivity index (χ1n) is 5.84. The van der Waals surface area contributed by atoms with E-state index < -0.39 is 10.9 Å². The monoisotopic (exact) mass is 351 g/mol. The van der Waals surface area contributed by atoms with Crippen molar-refractivity contribution < 1.29 is 19.6 Å². The van der Waals surface area contributed by atoms with Gasteiger partial charge >= 0.3 is 5.97 Å². The number of non-ortho nitro benzene ring substituents is 1. The Bertz CT molecular complexity index is 729. The fourth-order valence-corrected chi connectivity index (χ4v) is 2.27. The lowest BCUT2D eigenvalue weighted by Crippen LogP contribution is -2.01. The lowest BCUT2D eigenvalue weighted by molar-refractivity contribution is -0.384. The summed E-state index contributed by atoms with van der Waals surface area (Å²) >= 11 is 3.31. The Morgan fingerprint density at radius 3 is 2.52 bits per heavy atom. The van der Waals surface area contributed by atoms with E-state index in [0.717, 1.165) is 23.8 Å². The number of carbonyl (C=O) groups is 1. The van der Waals surface area contributed by atoms with Gasteiger partial charge in [0.15, 0.2) is 0 Å². The fourth-order valence-electron chi connectivity index (χ4n) is 1.69. The number of carboxylic acid groups (broad SMARTS) is 1. The Morgan fingerprint density at radius 2 is 1.95 bits per heavy atom. The fraction of sp³-hybridized carbons (Fsp3) is 0.0714. The Balaban J connectivity index is 2.48. The zero-order valence-corrected chi connectivity index (χ0v) is 12.5. The van der Waals surface area contributed by atoms with Gasteiger partial charge < -0.3 is 9.84 Å². The Morgan fingerprint density at radius 1 is 1.24 bits per heavy atom. The summed E-state index contributed by atoms with van der Waals surface area (Å²) < 4.78 is 6.15. The Kier molecular flexibility index (Phi) is 4.23. The van der Waals surface area contributed by atoms with Crippen LogP contribution >= 0.6 is 15.9 Å². The number of nitro groups is 1. The maximum atomic E-state index is 11.2. The lowest BCUT2D eigenvalue weighted by atomic mass is 10.2. The van der Waals surface area contributed by atoms with Crippen molar-refractivity contribution in [3.63, 3.8) is 0 Å². The van der Waals surface area contributed by atoms with Crippen molar-refractivity contribution in [3.05, 3.63) is 62.1 Å². The van der Waals surface area contributed by atoms with Crippen LogP contribution in [-0.4, -0.2) is 16.0 Å². The molecule has 6 nitrogen and oxygen atoms in total. The molecule has 0 unspecified atom stereocenters. The van der Waals surface area contributed by atoms with Crippen LogP contribution in [0.5, 0.6) is 11.5 Å². The van der Waals surface area contributed by atoms with E-state index in [0.29, 0.717) is 10.2 Å². The molecule has 2 aromatic carbocycles. The highest BCUT2D eigenvalue weighted by Gasteiger charge is 2.18. The summed E-state index contributed by atoms with van der Waals surface area (Å²) in [6.07, 6.45) is 0. The van der Waals surface area contributed by atoms with Crippen molar-refractivity contribution >= 4 is 27.6 Å². The summed E-state index contributed by atoms with van der Waals surface area (Å²) in [5.41, 5.74) is 0.609. The number of nitro benzene ring substituents is 1. The maximum Gasteiger partial charge on any atom is 0.339 e. The van der Waals surface area contributed by atoms with Crippen LogP contribution in [0.1, 0.15) is 15.9 Å². The second-order valence-corrected chi connectivity index (χ2v) is 5.13. The average Bonchev–Trinajstić information content (AvgIpc) is 2.41. The average molecular weight is 352 g/mol. The number of aromatic carboxylic acids is 1. The van der Waals surface area contributed by atoms with Crippen LogP contribution in [0.4, 0.5) is 5.69 Å². The van der Waals surface area contributed by atoms with Crippen molar-refractivity contribution in [2.45, 2.75) is 6.92 Å². The third-order valence-corrected chi connectivity index (χ3v) is 3.33. The zero-order chi connectivity index (χ0) is 15.6. The number of aryl methyl sites for hydroxylation is 1. The molecular weight excluding hydrogens is 342 g/mol. The number of benzene rings is 2. The summed E-state index contributed by atoms with van der Waals surface area (Å²) in [5, 5.41) is 19.9. The van der Waals surface area contributed by atoms with Gasteiger partial charge in [-0.25, -0.2) is 4.79 Å². The maximum absolute atomic E-state index is 11.2. The van der Waals surface area contributed by atoms with Gasteiger partial charge in [-0.3, -0.25) is 10.1 Å². The van der Waals surface area contributed by atoms with Crippen molar-refractivity contribution in [1.82, 2.24) is 0 Å². The van der Waals surface area contributed by atoms with Crippen molar-refractivity contribution in [3.8, 4) is 11.5 Å². The van der Waals surface area contributed by atoms with E-state index in [-0.39, 0.29) is 17.0 Å². The molecule has 0 fully saturated rings. The molecule has 0 atom stereocenters. The van der Waals surface area contributed by atoms with E-state index in [1.807, 2.05) is 6.92 Å². The highest BCUT2D eigenvalue weighted by atomic mass is 79.9. The minimum Gasteiger partial charge on any atom is -0.478 e. The zero-order valence-electron chi connectivity index (χ0n) is 10.9. The lowest BCUT2D eigenvalue weighted by Gasteiger charge is -2.10. The van der Waals surface area contributed by atoms with Gasteiger partial charge in [-0.1, -0.05) is 6.07 Å². The van der Waals surface area contributed by atoms with E-state index in [4.69, 9.17) is 9.84 Å². The smallest absolute Gasteiger partial charge is 0.339 e. The van der Waals surface area contributed by atoms with Crippen molar-refractivity contribution in [2.24, 2.45) is 0 Å². The molecule has 0 saturated heterocycles. The van der Waals surface area contributed by atoms with Gasteiger partial charge in [-0.05, 0) is 46.6 Å². The van der Waals surface area contributed by atoms with E-state index in [9.17, 15) is 14.9 Å². The molecule has 0 amide bonds. The predicted octanol–water partition coefficient (Wildman–Crippen LogP) is 4.16. The van der Waals surface area contributed by atoms with Gasteiger partial charge in [0.1, 0.15) is 17.1 Å². The number of hydrogen-bond acceptors (Lipinski definition) is 4. The van der Waals surface area contributed by atoms with Gasteiger partial charge in [0.2, 0.25) is 0 Å². The first-order chi connectivity index (χ1) is 9.88. The summed E-state index contributed by atoms with van der Waals surface area (Å²) in [4.78, 5) is 21.4. The largest absolute Gasteiger partial charge is 0.478 e. The summed E-state index contributed by atoms with van der Waals surface area (Å²) in [6, 6.07) is 8.61. The standard InChI is InChI=1S/C14H10BrNO5/c1-8-2-5-12(11(15)6-8)21-13-7-9(16(19)20)3-4-10(13)14(17)18/h2-7H,1H3,(H,17,18). The highest BCUT2D eigenvalue weighted by Crippen LogP contribution is 2.34. The second kappa shape index (κ2) is 5.92. The van der Waals surface area contributed by atoms with Gasteiger partial charge in [0, 0.05) is 6.07 Å². The summed E-state index contributed by atoms with van der Waals surface area (Å²) in [6.45, 7) is 1.89. The first-order valence-corrected chi connectivity index (χ1v) is 6.63. The second-order valence-electron chi connectivity index (χ2n) is 4.28. The molecule has 1 N–H and O–H groups in total. The number of ether oxygens (including phenoxy) is 1. The molecule has 0 radical (unpaired) electrons. The third kappa shape index (κ3) is 3.38. The highest BCUT2D eigenvalue weighted by molar-refractivity contribution is 9.10. The molecule has 108 valence electrons. The van der Waals surface area contributed by atoms with Gasteiger partial charge in [0.25, 0.3) is 5.69 Å². The van der Waals surface area contributed by atoms with Crippen LogP contribution in [0.15, 0.2) is 40.9 Å². The van der Waals surface area contributed by atoms with Crippen LogP contribution < -0.4 is 4.74 Å². The van der Waals surface area contributed by atoms with Crippen molar-refractivity contribution in [1.29, 1.82) is 0 Å². The van der Waals surface area contributed by atoms with Crippen LogP contribution in [0.3, 0.4) is 0 Å². The number of nitrogens with zero attached hydrogens (tertiary/aromatic N) is 1. The minimum atomic E-state index is -1.22. The number of halogens is 1. The molecule has 2 rings (SSSR count). The summed E-state index contributed by atoms with van der Waals surface area (Å²) in [5.74, 6) is -0.923. The molecule has 0 spiro atoms. The van der Waals surface area contributed by atoms with Gasteiger partial charge in [-0.2, -0.15) is 0 Å². The first kappa shape index (κ1) is 15.0. The molecule has 0 saturated carbocycles. The molecule has 0 aliphatic rings. The van der Waals surface area contributed by atoms with Crippen molar-refractivity contribution in [2.75, 3.05) is 0 Å². The van der Waals surface area contributed by atoms with Crippen LogP contribution in [0.25, 0.3) is 0 Å². The van der Waals surface area contributed by atoms with Gasteiger partial charge in [0.05, 0.1) is 15.5 Å². The van der Waals surface area contributed by atoms with Gasteiger partial charge in [-0.15, -0.1) is 0 Å². The SMILES string of the molecule is Cc1ccc(Oc2cc([N+](=O)[O-])ccc2C(=O)O)c(Br)c1. The van der Waals surface area contributed by atoms with Crippen LogP contribution in [0, 0.1) is 17.0 Å². The van der Waals surface area contributed by atoms with E-state index in [1.54, 1.807) is 18.2 Å². The number of carboxylic acids is 1. The quantitative estimate of drug-likeness (QED) is 0.659. The molecule has 7 heteroatoms. The number of rotatable bonds is 4. The Hall–Kier alpha value is -2.41. The normalized spacial score (nSPS) is 10.2. The van der Waals surface area contributed by atoms with E-state index >= 15 is 0 Å². The molecule has 0 aliphatic carbocycles. The predicted molar refractivity (Wildman–Crippen MR) is 79.0 cm³/mol. The molecule has 0 aliphatic heterocycles. The third-order valence-electron chi connectivity index (χ3n) is 2.71. The summed E-state index contributed by atoms with van der Waals surface area (Å²) in [7, 11) is 0. The van der Waals surface area contributed by atoms with E-state index in [2.05, 4.69) is 15.9 Å². The molecule has 0 aromatic heterocycles. The Labute approximate surface area is 128 Å². The topological polar surface area (TPSA) is 89.7 Å². The molecule has 0 heterocycles. The molecule has 0 bridgehead atoms. The van der Waals surface area contributed by atoms with E-state index in [1.165, 1.54) is 0 Å². The molecular formula is C14H10BrNO5.